The molecule has 0 amide bonds. The summed E-state index contributed by atoms with van der Waals surface area (Å²) in [5.74, 6) is -0.429. The summed E-state index contributed by atoms with van der Waals surface area (Å²) in [7, 11) is 0. The molecule has 2 rings (SSSR count). The normalized spacial score (nSPS) is 13.6. The van der Waals surface area contributed by atoms with Crippen LogP contribution in [0.25, 0.3) is 0 Å². The Balaban J connectivity index is 2.31. The van der Waals surface area contributed by atoms with E-state index in [2.05, 4.69) is 26.8 Å². The van der Waals surface area contributed by atoms with Gasteiger partial charge in [-0.25, -0.2) is 4.39 Å². The Hall–Kier alpha value is -0.900. The van der Waals surface area contributed by atoms with Gasteiger partial charge in [-0.15, -0.1) is 11.3 Å². The van der Waals surface area contributed by atoms with Gasteiger partial charge in [-0.2, -0.15) is 0 Å². The van der Waals surface area contributed by atoms with E-state index in [9.17, 15) is 4.39 Å². The highest BCUT2D eigenvalue weighted by Gasteiger charge is 2.19. The van der Waals surface area contributed by atoms with Gasteiger partial charge in [0.1, 0.15) is 5.82 Å². The second kappa shape index (κ2) is 5.23. The van der Waals surface area contributed by atoms with E-state index in [-0.39, 0.29) is 16.5 Å². The molecule has 0 fully saturated rings. The lowest BCUT2D eigenvalue weighted by atomic mass is 9.95. The minimum absolute atomic E-state index is 0.105. The molecule has 0 aliphatic carbocycles. The van der Waals surface area contributed by atoms with Crippen LogP contribution in [0.15, 0.2) is 30.3 Å². The summed E-state index contributed by atoms with van der Waals surface area (Å²) >= 11 is 7.35. The Morgan fingerprint density at radius 1 is 1.21 bits per heavy atom. The van der Waals surface area contributed by atoms with E-state index in [4.69, 9.17) is 17.3 Å². The van der Waals surface area contributed by atoms with E-state index in [0.29, 0.717) is 0 Å². The first-order valence-electron chi connectivity index (χ1n) is 6.10. The van der Waals surface area contributed by atoms with Crippen LogP contribution in [-0.2, 0) is 5.41 Å². The molecule has 4 heteroatoms. The SMILES string of the molecule is CC(C)(C)c1ccc(C(N)c2ccc(Cl)c(F)c2)s1. The minimum atomic E-state index is -0.429. The van der Waals surface area contributed by atoms with Gasteiger partial charge in [0.05, 0.1) is 11.1 Å². The van der Waals surface area contributed by atoms with Gasteiger partial charge < -0.3 is 5.73 Å². The van der Waals surface area contributed by atoms with Crippen molar-refractivity contribution in [2.45, 2.75) is 32.2 Å². The average molecular weight is 298 g/mol. The van der Waals surface area contributed by atoms with Crippen LogP contribution in [0.2, 0.25) is 5.02 Å². The van der Waals surface area contributed by atoms with Gasteiger partial charge in [-0.05, 0) is 35.2 Å². The zero-order chi connectivity index (χ0) is 14.2. The van der Waals surface area contributed by atoms with Crippen molar-refractivity contribution in [1.29, 1.82) is 0 Å². The topological polar surface area (TPSA) is 26.0 Å². The van der Waals surface area contributed by atoms with E-state index >= 15 is 0 Å². The molecule has 0 saturated heterocycles. The largest absolute Gasteiger partial charge is 0.320 e. The van der Waals surface area contributed by atoms with Gasteiger partial charge in [0, 0.05) is 9.75 Å². The smallest absolute Gasteiger partial charge is 0.142 e. The first-order valence-corrected chi connectivity index (χ1v) is 7.29. The molecule has 0 spiro atoms. The van der Waals surface area contributed by atoms with Crippen molar-refractivity contribution in [3.63, 3.8) is 0 Å². The second-order valence-electron chi connectivity index (χ2n) is 5.60. The van der Waals surface area contributed by atoms with Crippen LogP contribution in [0.1, 0.15) is 42.1 Å². The molecule has 1 aromatic heterocycles. The van der Waals surface area contributed by atoms with Crippen molar-refractivity contribution in [2.75, 3.05) is 0 Å². The molecule has 1 aromatic carbocycles. The summed E-state index contributed by atoms with van der Waals surface area (Å²) in [6.07, 6.45) is 0. The van der Waals surface area contributed by atoms with E-state index in [1.165, 1.54) is 10.9 Å². The highest BCUT2D eigenvalue weighted by atomic mass is 35.5. The van der Waals surface area contributed by atoms with Gasteiger partial charge in [-0.1, -0.05) is 38.4 Å². The number of rotatable bonds is 2. The van der Waals surface area contributed by atoms with E-state index in [1.807, 2.05) is 6.07 Å². The molecule has 0 saturated carbocycles. The van der Waals surface area contributed by atoms with Gasteiger partial charge in [-0.3, -0.25) is 0 Å². The Bertz CT molecular complexity index is 586. The Morgan fingerprint density at radius 2 is 1.89 bits per heavy atom. The Morgan fingerprint density at radius 3 is 2.42 bits per heavy atom. The molecule has 1 nitrogen and oxygen atoms in total. The van der Waals surface area contributed by atoms with Gasteiger partial charge in [0.25, 0.3) is 0 Å². The summed E-state index contributed by atoms with van der Waals surface area (Å²) in [5, 5.41) is 0.123. The molecule has 2 aromatic rings. The number of thiophene rings is 1. The van der Waals surface area contributed by atoms with Crippen LogP contribution in [0.5, 0.6) is 0 Å². The molecule has 1 unspecified atom stereocenters. The quantitative estimate of drug-likeness (QED) is 0.839. The molecular weight excluding hydrogens is 281 g/mol. The molecule has 0 bridgehead atoms. The standard InChI is InChI=1S/C15H17ClFNS/c1-15(2,3)13-7-6-12(19-13)14(18)9-4-5-10(16)11(17)8-9/h4-8,14H,18H2,1-3H3. The predicted molar refractivity (Wildman–Crippen MR) is 80.5 cm³/mol. The summed E-state index contributed by atoms with van der Waals surface area (Å²) in [5.41, 5.74) is 7.04. The van der Waals surface area contributed by atoms with Crippen LogP contribution < -0.4 is 5.73 Å². The average Bonchev–Trinajstić information content (AvgIpc) is 2.81. The highest BCUT2D eigenvalue weighted by Crippen LogP contribution is 2.34. The summed E-state index contributed by atoms with van der Waals surface area (Å²) in [4.78, 5) is 2.30. The first kappa shape index (κ1) is 14.5. The number of hydrogen-bond donors (Lipinski definition) is 1. The third kappa shape index (κ3) is 3.16. The zero-order valence-electron chi connectivity index (χ0n) is 11.2. The molecule has 1 heterocycles. The van der Waals surface area contributed by atoms with Crippen molar-refractivity contribution in [3.05, 3.63) is 56.5 Å². The van der Waals surface area contributed by atoms with Crippen molar-refractivity contribution in [2.24, 2.45) is 5.73 Å². The molecule has 102 valence electrons. The fourth-order valence-corrected chi connectivity index (χ4v) is 3.01. The van der Waals surface area contributed by atoms with Crippen molar-refractivity contribution in [1.82, 2.24) is 0 Å². The maximum absolute atomic E-state index is 13.5. The van der Waals surface area contributed by atoms with Crippen LogP contribution in [0.3, 0.4) is 0 Å². The minimum Gasteiger partial charge on any atom is -0.320 e. The van der Waals surface area contributed by atoms with E-state index < -0.39 is 5.82 Å². The lowest BCUT2D eigenvalue weighted by Gasteiger charge is -2.16. The summed E-state index contributed by atoms with van der Waals surface area (Å²) in [6.45, 7) is 6.49. The summed E-state index contributed by atoms with van der Waals surface area (Å²) < 4.78 is 13.5. The van der Waals surface area contributed by atoms with Gasteiger partial charge >= 0.3 is 0 Å². The van der Waals surface area contributed by atoms with Crippen LogP contribution in [0.4, 0.5) is 4.39 Å². The van der Waals surface area contributed by atoms with E-state index in [1.54, 1.807) is 23.5 Å². The fourth-order valence-electron chi connectivity index (χ4n) is 1.79. The first-order chi connectivity index (χ1) is 8.79. The van der Waals surface area contributed by atoms with Crippen molar-refractivity contribution >= 4 is 22.9 Å². The van der Waals surface area contributed by atoms with Crippen LogP contribution >= 0.6 is 22.9 Å². The van der Waals surface area contributed by atoms with Crippen LogP contribution in [-0.4, -0.2) is 0 Å². The fraction of sp³-hybridized carbons (Fsp3) is 0.333. The van der Waals surface area contributed by atoms with E-state index in [0.717, 1.165) is 10.4 Å². The second-order valence-corrected chi connectivity index (χ2v) is 7.13. The summed E-state index contributed by atoms with van der Waals surface area (Å²) in [6, 6.07) is 8.52. The molecule has 0 radical (unpaired) electrons. The molecule has 0 aliphatic heterocycles. The predicted octanol–water partition coefficient (Wildman–Crippen LogP) is 4.89. The highest BCUT2D eigenvalue weighted by molar-refractivity contribution is 7.12. The molecule has 19 heavy (non-hydrogen) atoms. The number of benzene rings is 1. The maximum Gasteiger partial charge on any atom is 0.142 e. The lowest BCUT2D eigenvalue weighted by molar-refractivity contribution is 0.604. The Labute approximate surface area is 122 Å². The lowest BCUT2D eigenvalue weighted by Crippen LogP contribution is -2.11. The van der Waals surface area contributed by atoms with Crippen molar-refractivity contribution in [3.8, 4) is 0 Å². The third-order valence-electron chi connectivity index (χ3n) is 2.98. The molecular formula is C15H17ClFNS. The van der Waals surface area contributed by atoms with Crippen molar-refractivity contribution < 1.29 is 4.39 Å². The number of hydrogen-bond acceptors (Lipinski definition) is 2. The molecule has 0 aliphatic rings. The third-order valence-corrected chi connectivity index (χ3v) is 4.88. The van der Waals surface area contributed by atoms with Crippen LogP contribution in [0, 0.1) is 5.82 Å². The maximum atomic E-state index is 13.5. The number of nitrogens with two attached hydrogens (primary N) is 1. The molecule has 2 N–H and O–H groups in total. The Kier molecular flexibility index (Phi) is 4.00. The van der Waals surface area contributed by atoms with Gasteiger partial charge in [0.2, 0.25) is 0 Å². The monoisotopic (exact) mass is 297 g/mol. The van der Waals surface area contributed by atoms with Gasteiger partial charge in [0.15, 0.2) is 0 Å². The zero-order valence-corrected chi connectivity index (χ0v) is 12.8. The number of halogens is 2. The molecule has 1 atom stereocenters.